The van der Waals surface area contributed by atoms with E-state index in [-0.39, 0.29) is 5.91 Å². The van der Waals surface area contributed by atoms with Crippen LogP contribution in [0.5, 0.6) is 0 Å². The number of furan rings is 1. The highest BCUT2D eigenvalue weighted by Gasteiger charge is 2.24. The van der Waals surface area contributed by atoms with Gasteiger partial charge in [-0.3, -0.25) is 4.79 Å². The minimum Gasteiger partial charge on any atom is -0.465 e. The second-order valence-electron chi connectivity index (χ2n) is 5.80. The third-order valence-electron chi connectivity index (χ3n) is 4.08. The fourth-order valence-corrected chi connectivity index (χ4v) is 3.85. The smallest absolute Gasteiger partial charge is 0.249 e. The van der Waals surface area contributed by atoms with Crippen LogP contribution in [0.2, 0.25) is 0 Å². The average Bonchev–Trinajstić information content (AvgIpc) is 3.32. The zero-order chi connectivity index (χ0) is 17.2. The van der Waals surface area contributed by atoms with E-state index in [0.29, 0.717) is 5.76 Å². The molecule has 0 saturated heterocycles. The van der Waals surface area contributed by atoms with E-state index in [2.05, 4.69) is 5.32 Å². The van der Waals surface area contributed by atoms with Gasteiger partial charge in [0.25, 0.3) is 0 Å². The van der Waals surface area contributed by atoms with Crippen molar-refractivity contribution in [1.29, 1.82) is 0 Å². The summed E-state index contributed by atoms with van der Waals surface area (Å²) in [6, 6.07) is 11.6. The number of carbonyl (C=O) groups excluding carboxylic acids is 1. The highest BCUT2D eigenvalue weighted by Crippen LogP contribution is 2.36. The molecule has 0 spiro atoms. The van der Waals surface area contributed by atoms with Gasteiger partial charge in [-0.1, -0.05) is 18.2 Å². The van der Waals surface area contributed by atoms with E-state index in [1.54, 1.807) is 24.5 Å². The predicted octanol–water partition coefficient (Wildman–Crippen LogP) is 4.17. The average molecular weight is 351 g/mol. The van der Waals surface area contributed by atoms with Crippen molar-refractivity contribution >= 4 is 29.6 Å². The molecule has 1 amide bonds. The summed E-state index contributed by atoms with van der Waals surface area (Å²) in [7, 11) is 0. The van der Waals surface area contributed by atoms with Crippen LogP contribution in [0.4, 0.5) is 5.82 Å². The van der Waals surface area contributed by atoms with Crippen LogP contribution in [0, 0.1) is 6.92 Å². The van der Waals surface area contributed by atoms with Crippen molar-refractivity contribution in [3.05, 3.63) is 71.3 Å². The third kappa shape index (κ3) is 3.13. The molecule has 1 aliphatic rings. The Morgan fingerprint density at radius 2 is 2.16 bits per heavy atom. The molecule has 6 heteroatoms. The Morgan fingerprint density at radius 1 is 1.28 bits per heavy atom. The lowest BCUT2D eigenvalue weighted by Crippen LogP contribution is -2.14. The van der Waals surface area contributed by atoms with Crippen molar-refractivity contribution in [3.8, 4) is 5.69 Å². The summed E-state index contributed by atoms with van der Waals surface area (Å²) in [6.07, 6.45) is 4.70. The van der Waals surface area contributed by atoms with E-state index in [4.69, 9.17) is 9.52 Å². The van der Waals surface area contributed by atoms with Gasteiger partial charge in [0.05, 0.1) is 17.6 Å². The molecule has 1 aromatic carbocycles. The number of benzene rings is 1. The molecule has 0 saturated carbocycles. The molecule has 25 heavy (non-hydrogen) atoms. The first-order valence-corrected chi connectivity index (χ1v) is 9.15. The summed E-state index contributed by atoms with van der Waals surface area (Å²) < 4.78 is 7.06. The number of nitrogens with one attached hydrogen (secondary N) is 1. The first-order chi connectivity index (χ1) is 12.2. The lowest BCUT2D eigenvalue weighted by molar-refractivity contribution is -0.111. The van der Waals surface area contributed by atoms with E-state index in [9.17, 15) is 4.79 Å². The van der Waals surface area contributed by atoms with Gasteiger partial charge in [0, 0.05) is 23.1 Å². The molecule has 0 aliphatic carbocycles. The zero-order valence-corrected chi connectivity index (χ0v) is 14.5. The Kier molecular flexibility index (Phi) is 4.19. The molecule has 2 aromatic heterocycles. The molecule has 5 nitrogen and oxygen atoms in total. The number of thioether (sulfide) groups is 1. The molecular formula is C19H17N3O2S. The summed E-state index contributed by atoms with van der Waals surface area (Å²) >= 11 is 1.81. The maximum absolute atomic E-state index is 12.4. The van der Waals surface area contributed by atoms with Crippen LogP contribution >= 0.6 is 11.8 Å². The predicted molar refractivity (Wildman–Crippen MR) is 99.7 cm³/mol. The number of hydrogen-bond donors (Lipinski definition) is 1. The van der Waals surface area contributed by atoms with Crippen molar-refractivity contribution in [2.75, 3.05) is 5.32 Å². The number of para-hydroxylation sites is 1. The summed E-state index contributed by atoms with van der Waals surface area (Å²) in [6.45, 7) is 2.04. The van der Waals surface area contributed by atoms with Gasteiger partial charge in [0.1, 0.15) is 11.6 Å². The molecule has 3 heterocycles. The van der Waals surface area contributed by atoms with Gasteiger partial charge in [-0.25, -0.2) is 4.68 Å². The second-order valence-corrected chi connectivity index (χ2v) is 6.79. The Labute approximate surface area is 149 Å². The molecule has 1 aliphatic heterocycles. The quantitative estimate of drug-likeness (QED) is 0.717. The first-order valence-electron chi connectivity index (χ1n) is 7.99. The van der Waals surface area contributed by atoms with E-state index < -0.39 is 0 Å². The van der Waals surface area contributed by atoms with Gasteiger partial charge in [0.15, 0.2) is 0 Å². The van der Waals surface area contributed by atoms with Crippen LogP contribution in [0.25, 0.3) is 11.8 Å². The first kappa shape index (κ1) is 15.8. The van der Waals surface area contributed by atoms with E-state index in [1.165, 1.54) is 6.08 Å². The molecule has 126 valence electrons. The Morgan fingerprint density at radius 3 is 2.96 bits per heavy atom. The number of nitrogens with zero attached hydrogens (tertiary/aromatic N) is 2. The summed E-state index contributed by atoms with van der Waals surface area (Å²) in [5, 5.41) is 7.72. The monoisotopic (exact) mass is 351 g/mol. The number of hydrogen-bond acceptors (Lipinski definition) is 4. The molecule has 0 radical (unpaired) electrons. The minimum atomic E-state index is -0.203. The van der Waals surface area contributed by atoms with Gasteiger partial charge in [-0.15, -0.1) is 0 Å². The molecule has 0 atom stereocenters. The summed E-state index contributed by atoms with van der Waals surface area (Å²) in [5.74, 6) is 2.93. The summed E-state index contributed by atoms with van der Waals surface area (Å²) in [5.41, 5.74) is 4.23. The third-order valence-corrected chi connectivity index (χ3v) is 5.05. The topological polar surface area (TPSA) is 60.1 Å². The maximum Gasteiger partial charge on any atom is 0.249 e. The fraction of sp³-hybridized carbons (Fsp3) is 0.158. The van der Waals surface area contributed by atoms with E-state index >= 15 is 0 Å². The lowest BCUT2D eigenvalue weighted by atomic mass is 10.2. The van der Waals surface area contributed by atoms with Crippen LogP contribution in [0.3, 0.4) is 0 Å². The summed E-state index contributed by atoms with van der Waals surface area (Å²) in [4.78, 5) is 12.4. The maximum atomic E-state index is 12.4. The number of amides is 1. The van der Waals surface area contributed by atoms with E-state index in [1.807, 2.05) is 47.6 Å². The van der Waals surface area contributed by atoms with Gasteiger partial charge < -0.3 is 9.73 Å². The Bertz CT molecular complexity index is 942. The SMILES string of the molecule is Cc1ccccc1-n1nc2c(c1NC(=O)/C=C\c1ccco1)CSC2. The van der Waals surface area contributed by atoms with Crippen molar-refractivity contribution in [2.45, 2.75) is 18.4 Å². The number of fused-ring (bicyclic) bond motifs is 1. The fourth-order valence-electron chi connectivity index (χ4n) is 2.82. The zero-order valence-electron chi connectivity index (χ0n) is 13.7. The van der Waals surface area contributed by atoms with Crippen molar-refractivity contribution in [1.82, 2.24) is 9.78 Å². The highest BCUT2D eigenvalue weighted by molar-refractivity contribution is 7.98. The van der Waals surface area contributed by atoms with E-state index in [0.717, 1.165) is 39.8 Å². The van der Waals surface area contributed by atoms with Crippen LogP contribution < -0.4 is 5.32 Å². The lowest BCUT2D eigenvalue weighted by Gasteiger charge is -2.11. The number of rotatable bonds is 4. The largest absolute Gasteiger partial charge is 0.465 e. The van der Waals surface area contributed by atoms with Crippen molar-refractivity contribution in [3.63, 3.8) is 0 Å². The number of anilines is 1. The Hall–Kier alpha value is -2.73. The molecular weight excluding hydrogens is 334 g/mol. The van der Waals surface area contributed by atoms with Crippen molar-refractivity contribution in [2.24, 2.45) is 0 Å². The standard InChI is InChI=1S/C19H17N3O2S/c1-13-5-2-3-7-17(13)22-19(15-11-25-12-16(15)21-22)20-18(23)9-8-14-6-4-10-24-14/h2-10H,11-12H2,1H3,(H,20,23)/b9-8-. The second kappa shape index (κ2) is 6.64. The van der Waals surface area contributed by atoms with Crippen LogP contribution in [0.15, 0.2) is 53.2 Å². The number of aryl methyl sites for hydroxylation is 1. The van der Waals surface area contributed by atoms with Gasteiger partial charge >= 0.3 is 0 Å². The van der Waals surface area contributed by atoms with Crippen LogP contribution in [-0.2, 0) is 16.3 Å². The molecule has 4 rings (SSSR count). The number of aromatic nitrogens is 2. The molecule has 3 aromatic rings. The van der Waals surface area contributed by atoms with Gasteiger partial charge in [0.2, 0.25) is 5.91 Å². The molecule has 0 bridgehead atoms. The normalized spacial score (nSPS) is 13.3. The Balaban J connectivity index is 1.67. The molecule has 0 fully saturated rings. The minimum absolute atomic E-state index is 0.203. The molecule has 1 N–H and O–H groups in total. The number of carbonyl (C=O) groups is 1. The van der Waals surface area contributed by atoms with Crippen molar-refractivity contribution < 1.29 is 9.21 Å². The van der Waals surface area contributed by atoms with Crippen LogP contribution in [0.1, 0.15) is 22.6 Å². The van der Waals surface area contributed by atoms with Crippen LogP contribution in [-0.4, -0.2) is 15.7 Å². The molecule has 0 unspecified atom stereocenters. The van der Waals surface area contributed by atoms with Gasteiger partial charge in [-0.05, 0) is 36.8 Å². The highest BCUT2D eigenvalue weighted by atomic mass is 32.2. The van der Waals surface area contributed by atoms with Gasteiger partial charge in [-0.2, -0.15) is 16.9 Å².